The molecule has 3 aromatic rings. The number of aromatic nitrogens is 2. The van der Waals surface area contributed by atoms with Crippen LogP contribution in [0.5, 0.6) is 0 Å². The number of hydrogen-bond acceptors (Lipinski definition) is 9. The van der Waals surface area contributed by atoms with E-state index in [0.29, 0.717) is 61.7 Å². The second kappa shape index (κ2) is 17.8. The van der Waals surface area contributed by atoms with Crippen molar-refractivity contribution in [2.24, 2.45) is 0 Å². The van der Waals surface area contributed by atoms with Gasteiger partial charge in [-0.25, -0.2) is 9.97 Å². The summed E-state index contributed by atoms with van der Waals surface area (Å²) in [6.45, 7) is 3.63. The number of piperazine rings is 1. The van der Waals surface area contributed by atoms with Crippen LogP contribution in [0.15, 0.2) is 48.8 Å². The number of nitrogens with zero attached hydrogens (tertiary/aromatic N) is 5. The molecule has 5 heterocycles. The van der Waals surface area contributed by atoms with E-state index in [-0.39, 0.29) is 60.5 Å². The maximum atomic E-state index is 14.2. The average Bonchev–Trinajstić information content (AvgIpc) is 3.97. The van der Waals surface area contributed by atoms with Crippen molar-refractivity contribution in [3.05, 3.63) is 81.6 Å². The van der Waals surface area contributed by atoms with Crippen molar-refractivity contribution < 1.29 is 28.8 Å². The molecule has 1 saturated carbocycles. The van der Waals surface area contributed by atoms with Crippen LogP contribution in [0.1, 0.15) is 122 Å². The molecule has 14 nitrogen and oxygen atoms in total. The lowest BCUT2D eigenvalue weighted by Gasteiger charge is -2.38. The number of carbonyl (C=O) groups excluding carboxylic acids is 6. The van der Waals surface area contributed by atoms with Gasteiger partial charge in [0.05, 0.1) is 18.0 Å². The zero-order valence-corrected chi connectivity index (χ0v) is 34.4. The number of piperidine rings is 1. The third-order valence-electron chi connectivity index (χ3n) is 12.4. The molecule has 0 spiro atoms. The lowest BCUT2D eigenvalue weighted by atomic mass is 9.94. The summed E-state index contributed by atoms with van der Waals surface area (Å²) >= 11 is 6.21. The molecule has 0 radical (unpaired) electrons. The number of imide groups is 1. The van der Waals surface area contributed by atoms with Gasteiger partial charge in [0, 0.05) is 73.6 Å². The van der Waals surface area contributed by atoms with Gasteiger partial charge >= 0.3 is 0 Å². The fourth-order valence-corrected chi connectivity index (χ4v) is 9.22. The number of rotatable bonds is 13. The minimum atomic E-state index is -0.657. The second-order valence-corrected chi connectivity index (χ2v) is 16.9. The Bertz CT molecular complexity index is 2270. The molecule has 4 aliphatic heterocycles. The Hall–Kier alpha value is -5.81. The first-order chi connectivity index (χ1) is 29.1. The maximum Gasteiger partial charge on any atom is 0.255 e. The van der Waals surface area contributed by atoms with Crippen LogP contribution in [0.4, 0.5) is 11.6 Å². The summed E-state index contributed by atoms with van der Waals surface area (Å²) < 4.78 is 0. The molecule has 15 heteroatoms. The zero-order valence-electron chi connectivity index (χ0n) is 33.7. The van der Waals surface area contributed by atoms with Gasteiger partial charge in [0.2, 0.25) is 29.5 Å². The Labute approximate surface area is 354 Å². The molecule has 1 aromatic heterocycles. The Kier molecular flexibility index (Phi) is 12.2. The summed E-state index contributed by atoms with van der Waals surface area (Å²) in [4.78, 5) is 91.3. The summed E-state index contributed by atoms with van der Waals surface area (Å²) in [5.74, 6) is 6.21. The van der Waals surface area contributed by atoms with Crippen molar-refractivity contribution in [1.82, 2.24) is 30.4 Å². The molecule has 3 N–H and O–H groups in total. The summed E-state index contributed by atoms with van der Waals surface area (Å²) in [5.41, 5.74) is 3.92. The molecule has 8 rings (SSSR count). The number of anilines is 2. The van der Waals surface area contributed by atoms with Crippen LogP contribution in [-0.4, -0.2) is 93.0 Å². The largest absolute Gasteiger partial charge is 0.355 e. The van der Waals surface area contributed by atoms with Crippen molar-refractivity contribution >= 4 is 58.7 Å². The highest BCUT2D eigenvalue weighted by molar-refractivity contribution is 6.30. The molecule has 3 fully saturated rings. The molecular weight excluding hydrogens is 784 g/mol. The highest BCUT2D eigenvalue weighted by Crippen LogP contribution is 2.44. The molecule has 1 aliphatic carbocycles. The van der Waals surface area contributed by atoms with E-state index < -0.39 is 17.9 Å². The summed E-state index contributed by atoms with van der Waals surface area (Å²) in [7, 11) is 0. The first-order valence-electron chi connectivity index (χ1n) is 21.1. The Morgan fingerprint density at radius 3 is 2.55 bits per heavy atom. The van der Waals surface area contributed by atoms with E-state index in [1.165, 1.54) is 6.33 Å². The van der Waals surface area contributed by atoms with Crippen molar-refractivity contribution in [1.29, 1.82) is 0 Å². The van der Waals surface area contributed by atoms with Crippen LogP contribution in [0, 0.1) is 11.8 Å². The molecule has 5 atom stereocenters. The first kappa shape index (κ1) is 40.9. The minimum Gasteiger partial charge on any atom is -0.355 e. The van der Waals surface area contributed by atoms with E-state index >= 15 is 0 Å². The number of benzene rings is 2. The third kappa shape index (κ3) is 8.73. The number of unbranched alkanes of at least 4 members (excludes halogenated alkanes) is 5. The molecule has 5 aliphatic rings. The smallest absolute Gasteiger partial charge is 0.255 e. The van der Waals surface area contributed by atoms with E-state index in [9.17, 15) is 28.8 Å². The topological polar surface area (TPSA) is 174 Å². The minimum absolute atomic E-state index is 0.00711. The molecular formula is C45H49ClN8O6. The Morgan fingerprint density at radius 1 is 0.933 bits per heavy atom. The monoisotopic (exact) mass is 832 g/mol. The van der Waals surface area contributed by atoms with E-state index in [2.05, 4.69) is 42.7 Å². The molecule has 2 aromatic carbocycles. The highest BCUT2D eigenvalue weighted by Gasteiger charge is 2.53. The van der Waals surface area contributed by atoms with Gasteiger partial charge < -0.3 is 25.3 Å². The van der Waals surface area contributed by atoms with Gasteiger partial charge in [-0.1, -0.05) is 67.8 Å². The lowest BCUT2D eigenvalue weighted by Crippen LogP contribution is -2.52. The third-order valence-corrected chi connectivity index (χ3v) is 12.6. The van der Waals surface area contributed by atoms with E-state index in [0.717, 1.165) is 66.6 Å². The number of hydrogen-bond donors (Lipinski definition) is 3. The average molecular weight is 833 g/mol. The number of fused-ring (bicyclic) bond motifs is 3. The summed E-state index contributed by atoms with van der Waals surface area (Å²) in [5, 5.41) is 8.84. The van der Waals surface area contributed by atoms with Crippen LogP contribution in [-0.2, 0) is 30.5 Å². The van der Waals surface area contributed by atoms with Crippen molar-refractivity contribution in [3.8, 4) is 11.8 Å². The highest BCUT2D eigenvalue weighted by atomic mass is 35.5. The van der Waals surface area contributed by atoms with Crippen LogP contribution in [0.25, 0.3) is 0 Å². The van der Waals surface area contributed by atoms with Crippen LogP contribution >= 0.6 is 11.6 Å². The standard InChI is InChI=1S/C45H49ClN8O6/c1-27-22-39(57)50-41-40(27)42(49-26-48-41)52-20-21-53(36-23-35(36)52)45(60)32(29-14-16-30(46)17-15-29)24-47-37(55)13-8-6-4-2-3-5-7-10-28-11-9-12-31-33(28)25-54(44(31)59)34-18-19-38(56)51-43(34)58/h9,11-12,14-17,26-27,32,34-36H,2-6,8,13,18-25H2,1H3,(H,47,55)(H,51,56,58)(H,48,49,50,57)/t27-,32-,34?,35+,36-/m1/s1. The number of carbonyl (C=O) groups is 6. The van der Waals surface area contributed by atoms with Crippen molar-refractivity contribution in [2.45, 2.75) is 114 Å². The molecule has 60 heavy (non-hydrogen) atoms. The second-order valence-electron chi connectivity index (χ2n) is 16.4. The Morgan fingerprint density at radius 2 is 1.73 bits per heavy atom. The van der Waals surface area contributed by atoms with Gasteiger partial charge in [-0.2, -0.15) is 0 Å². The van der Waals surface area contributed by atoms with Gasteiger partial charge in [-0.3, -0.25) is 34.1 Å². The number of nitrogens with one attached hydrogen (secondary N) is 3. The van der Waals surface area contributed by atoms with Crippen molar-refractivity contribution in [2.75, 3.05) is 29.9 Å². The SMILES string of the molecule is C[C@@H]1CC(=O)Nc2ncnc(N3CCN(C(=O)[C@H](CNC(=O)CCCCCCCC#Cc4cccc5c4CN(C4CCC(=O)NC4=O)C5=O)c4ccc(Cl)cc4)[C@@H]4C[C@@H]43)c21. The van der Waals surface area contributed by atoms with E-state index in [1.807, 2.05) is 36.1 Å². The fraction of sp³-hybridized carbons (Fsp3) is 0.467. The molecule has 312 valence electrons. The number of amides is 6. The summed E-state index contributed by atoms with van der Waals surface area (Å²) in [6, 6.07) is 12.2. The van der Waals surface area contributed by atoms with Crippen LogP contribution < -0.4 is 20.9 Å². The van der Waals surface area contributed by atoms with Gasteiger partial charge in [-0.05, 0) is 67.0 Å². The zero-order chi connectivity index (χ0) is 41.9. The molecule has 2 saturated heterocycles. The first-order valence-corrected chi connectivity index (χ1v) is 21.4. The predicted octanol–water partition coefficient (Wildman–Crippen LogP) is 4.81. The number of halogens is 1. The van der Waals surface area contributed by atoms with E-state index in [1.54, 1.807) is 23.1 Å². The molecule has 6 amide bonds. The normalized spacial score (nSPS) is 22.1. The van der Waals surface area contributed by atoms with E-state index in [4.69, 9.17) is 11.6 Å². The fourth-order valence-electron chi connectivity index (χ4n) is 9.09. The van der Waals surface area contributed by atoms with Crippen molar-refractivity contribution in [3.63, 3.8) is 0 Å². The van der Waals surface area contributed by atoms with Gasteiger partial charge in [0.1, 0.15) is 24.0 Å². The molecule has 0 bridgehead atoms. The van der Waals surface area contributed by atoms with Gasteiger partial charge in [0.15, 0.2) is 0 Å². The van der Waals surface area contributed by atoms with Crippen LogP contribution in [0.3, 0.4) is 0 Å². The lowest BCUT2D eigenvalue weighted by molar-refractivity contribution is -0.137. The van der Waals surface area contributed by atoms with Gasteiger partial charge in [-0.15, -0.1) is 0 Å². The maximum absolute atomic E-state index is 14.2. The predicted molar refractivity (Wildman–Crippen MR) is 224 cm³/mol. The molecule has 1 unspecified atom stereocenters. The van der Waals surface area contributed by atoms with Crippen LogP contribution in [0.2, 0.25) is 5.02 Å². The summed E-state index contributed by atoms with van der Waals surface area (Å²) in [6.07, 6.45) is 8.80. The van der Waals surface area contributed by atoms with Gasteiger partial charge in [0.25, 0.3) is 5.91 Å². The Balaban J connectivity index is 0.778. The quantitative estimate of drug-likeness (QED) is 0.124.